The minimum atomic E-state index is 0.0451. The van der Waals surface area contributed by atoms with Gasteiger partial charge in [0.1, 0.15) is 0 Å². The van der Waals surface area contributed by atoms with Crippen molar-refractivity contribution in [3.8, 4) is 0 Å². The van der Waals surface area contributed by atoms with E-state index < -0.39 is 0 Å². The highest BCUT2D eigenvalue weighted by Crippen LogP contribution is 2.14. The maximum absolute atomic E-state index is 11.8. The molecule has 0 saturated carbocycles. The van der Waals surface area contributed by atoms with Crippen molar-refractivity contribution in [1.29, 1.82) is 0 Å². The third-order valence-electron chi connectivity index (χ3n) is 2.97. The Morgan fingerprint density at radius 2 is 2.00 bits per heavy atom. The van der Waals surface area contributed by atoms with Crippen LogP contribution in [-0.4, -0.2) is 5.91 Å². The molecule has 0 spiro atoms. The number of rotatable bonds is 6. The quantitative estimate of drug-likeness (QED) is 0.836. The van der Waals surface area contributed by atoms with Crippen LogP contribution in [0.15, 0.2) is 41.8 Å². The fourth-order valence-electron chi connectivity index (χ4n) is 1.91. The van der Waals surface area contributed by atoms with Crippen LogP contribution in [0.2, 0.25) is 0 Å². The number of anilines is 1. The SMILES string of the molecule is CCCCc1ccc(NC(=O)Cc2cccs2)cc1. The molecule has 1 aromatic heterocycles. The summed E-state index contributed by atoms with van der Waals surface area (Å²) in [5.41, 5.74) is 2.21. The van der Waals surface area contributed by atoms with Crippen LogP contribution >= 0.6 is 11.3 Å². The fraction of sp³-hybridized carbons (Fsp3) is 0.312. The van der Waals surface area contributed by atoms with E-state index in [4.69, 9.17) is 0 Å². The minimum Gasteiger partial charge on any atom is -0.326 e. The largest absolute Gasteiger partial charge is 0.326 e. The molecule has 0 saturated heterocycles. The topological polar surface area (TPSA) is 29.1 Å². The van der Waals surface area contributed by atoms with E-state index in [1.54, 1.807) is 11.3 Å². The Labute approximate surface area is 118 Å². The zero-order valence-electron chi connectivity index (χ0n) is 11.2. The van der Waals surface area contributed by atoms with Gasteiger partial charge in [-0.2, -0.15) is 0 Å². The molecule has 3 heteroatoms. The summed E-state index contributed by atoms with van der Waals surface area (Å²) in [7, 11) is 0. The number of amides is 1. The van der Waals surface area contributed by atoms with E-state index in [1.807, 2.05) is 29.6 Å². The Balaban J connectivity index is 1.86. The number of carbonyl (C=O) groups is 1. The highest BCUT2D eigenvalue weighted by atomic mass is 32.1. The van der Waals surface area contributed by atoms with E-state index >= 15 is 0 Å². The molecule has 19 heavy (non-hydrogen) atoms. The zero-order valence-corrected chi connectivity index (χ0v) is 12.0. The summed E-state index contributed by atoms with van der Waals surface area (Å²) in [5.74, 6) is 0.0451. The first-order valence-corrected chi connectivity index (χ1v) is 7.57. The van der Waals surface area contributed by atoms with Crippen LogP contribution in [-0.2, 0) is 17.6 Å². The number of aryl methyl sites for hydroxylation is 1. The molecule has 2 rings (SSSR count). The van der Waals surface area contributed by atoms with Crippen LogP contribution < -0.4 is 5.32 Å². The number of unbranched alkanes of at least 4 members (excludes halogenated alkanes) is 1. The van der Waals surface area contributed by atoms with Gasteiger partial charge in [-0.15, -0.1) is 11.3 Å². The summed E-state index contributed by atoms with van der Waals surface area (Å²) in [5, 5.41) is 4.92. The maximum Gasteiger partial charge on any atom is 0.229 e. The number of benzene rings is 1. The van der Waals surface area contributed by atoms with Crippen molar-refractivity contribution in [2.45, 2.75) is 32.6 Å². The van der Waals surface area contributed by atoms with Gasteiger partial charge < -0.3 is 5.32 Å². The average molecular weight is 273 g/mol. The smallest absolute Gasteiger partial charge is 0.229 e. The van der Waals surface area contributed by atoms with Crippen molar-refractivity contribution in [3.63, 3.8) is 0 Å². The number of nitrogens with one attached hydrogen (secondary N) is 1. The number of hydrogen-bond acceptors (Lipinski definition) is 2. The van der Waals surface area contributed by atoms with Crippen molar-refractivity contribution in [3.05, 3.63) is 52.2 Å². The fourth-order valence-corrected chi connectivity index (χ4v) is 2.62. The Morgan fingerprint density at radius 3 is 2.63 bits per heavy atom. The summed E-state index contributed by atoms with van der Waals surface area (Å²) in [6.45, 7) is 2.19. The molecule has 1 aromatic carbocycles. The molecule has 0 fully saturated rings. The standard InChI is InChI=1S/C16H19NOS/c1-2-3-5-13-7-9-14(10-8-13)17-16(18)12-15-6-4-11-19-15/h4,6-11H,2-3,5,12H2,1H3,(H,17,18). The van der Waals surface area contributed by atoms with Crippen LogP contribution in [0, 0.1) is 0 Å². The van der Waals surface area contributed by atoms with Crippen molar-refractivity contribution in [2.75, 3.05) is 5.32 Å². The molecule has 0 aliphatic heterocycles. The molecular weight excluding hydrogens is 254 g/mol. The van der Waals surface area contributed by atoms with Crippen LogP contribution in [0.1, 0.15) is 30.2 Å². The van der Waals surface area contributed by atoms with Gasteiger partial charge in [0.15, 0.2) is 0 Å². The molecule has 1 N–H and O–H groups in total. The van der Waals surface area contributed by atoms with Crippen molar-refractivity contribution in [1.82, 2.24) is 0 Å². The molecule has 2 nitrogen and oxygen atoms in total. The first kappa shape index (κ1) is 13.8. The highest BCUT2D eigenvalue weighted by molar-refractivity contribution is 7.10. The predicted octanol–water partition coefficient (Wildman–Crippen LogP) is 4.27. The molecule has 0 unspecified atom stereocenters. The van der Waals surface area contributed by atoms with Gasteiger partial charge in [0.25, 0.3) is 0 Å². The first-order chi connectivity index (χ1) is 9.28. The second-order valence-electron chi connectivity index (χ2n) is 4.60. The molecule has 1 amide bonds. The Morgan fingerprint density at radius 1 is 1.21 bits per heavy atom. The van der Waals surface area contributed by atoms with E-state index in [0.717, 1.165) is 17.0 Å². The lowest BCUT2D eigenvalue weighted by Gasteiger charge is -2.06. The van der Waals surface area contributed by atoms with E-state index in [-0.39, 0.29) is 5.91 Å². The van der Waals surface area contributed by atoms with Crippen molar-refractivity contribution < 1.29 is 4.79 Å². The summed E-state index contributed by atoms with van der Waals surface area (Å²) in [4.78, 5) is 12.9. The van der Waals surface area contributed by atoms with E-state index in [1.165, 1.54) is 18.4 Å². The minimum absolute atomic E-state index is 0.0451. The van der Waals surface area contributed by atoms with E-state index in [9.17, 15) is 4.79 Å². The van der Waals surface area contributed by atoms with Gasteiger partial charge in [0.05, 0.1) is 6.42 Å². The predicted molar refractivity (Wildman–Crippen MR) is 81.7 cm³/mol. The molecule has 0 atom stereocenters. The average Bonchev–Trinajstić information content (AvgIpc) is 2.90. The number of thiophene rings is 1. The third kappa shape index (κ3) is 4.52. The second kappa shape index (κ2) is 7.10. The van der Waals surface area contributed by atoms with Crippen LogP contribution in [0.4, 0.5) is 5.69 Å². The molecule has 1 heterocycles. The summed E-state index contributed by atoms with van der Waals surface area (Å²) >= 11 is 1.61. The van der Waals surface area contributed by atoms with Gasteiger partial charge in [-0.1, -0.05) is 31.5 Å². The molecule has 100 valence electrons. The van der Waals surface area contributed by atoms with Gasteiger partial charge in [-0.05, 0) is 42.0 Å². The summed E-state index contributed by atoms with van der Waals surface area (Å²) in [6, 6.07) is 12.1. The van der Waals surface area contributed by atoms with Crippen LogP contribution in [0.5, 0.6) is 0 Å². The highest BCUT2D eigenvalue weighted by Gasteiger charge is 2.04. The van der Waals surface area contributed by atoms with Crippen LogP contribution in [0.3, 0.4) is 0 Å². The molecule has 0 aliphatic rings. The van der Waals surface area contributed by atoms with E-state index in [0.29, 0.717) is 6.42 Å². The Kier molecular flexibility index (Phi) is 5.16. The lowest BCUT2D eigenvalue weighted by atomic mass is 10.1. The molecule has 0 aliphatic carbocycles. The molecule has 0 radical (unpaired) electrons. The van der Waals surface area contributed by atoms with Gasteiger partial charge in [-0.3, -0.25) is 4.79 Å². The normalized spacial score (nSPS) is 10.4. The lowest BCUT2D eigenvalue weighted by molar-refractivity contribution is -0.115. The maximum atomic E-state index is 11.8. The Hall–Kier alpha value is -1.61. The number of carbonyl (C=O) groups excluding carboxylic acids is 1. The van der Waals surface area contributed by atoms with Gasteiger partial charge in [0, 0.05) is 10.6 Å². The Bertz CT molecular complexity index is 502. The van der Waals surface area contributed by atoms with Gasteiger partial charge in [-0.25, -0.2) is 0 Å². The van der Waals surface area contributed by atoms with Gasteiger partial charge >= 0.3 is 0 Å². The third-order valence-corrected chi connectivity index (χ3v) is 3.85. The molecule has 0 bridgehead atoms. The summed E-state index contributed by atoms with van der Waals surface area (Å²) < 4.78 is 0. The number of hydrogen-bond donors (Lipinski definition) is 1. The molecular formula is C16H19NOS. The van der Waals surface area contributed by atoms with Crippen molar-refractivity contribution in [2.24, 2.45) is 0 Å². The monoisotopic (exact) mass is 273 g/mol. The second-order valence-corrected chi connectivity index (χ2v) is 5.64. The first-order valence-electron chi connectivity index (χ1n) is 6.69. The van der Waals surface area contributed by atoms with Crippen LogP contribution in [0.25, 0.3) is 0 Å². The molecule has 2 aromatic rings. The van der Waals surface area contributed by atoms with E-state index in [2.05, 4.69) is 24.4 Å². The zero-order chi connectivity index (χ0) is 13.5. The summed E-state index contributed by atoms with van der Waals surface area (Å²) in [6.07, 6.45) is 3.98. The van der Waals surface area contributed by atoms with Crippen molar-refractivity contribution >= 4 is 22.9 Å². The van der Waals surface area contributed by atoms with Gasteiger partial charge in [0.2, 0.25) is 5.91 Å². The lowest BCUT2D eigenvalue weighted by Crippen LogP contribution is -2.13.